The van der Waals surface area contributed by atoms with Crippen LogP contribution in [0.25, 0.3) is 0 Å². The summed E-state index contributed by atoms with van der Waals surface area (Å²) in [4.78, 5) is 0. The number of rotatable bonds is 5. The van der Waals surface area contributed by atoms with E-state index in [0.29, 0.717) is 22.4 Å². The van der Waals surface area contributed by atoms with Gasteiger partial charge in [-0.1, -0.05) is 6.08 Å². The third kappa shape index (κ3) is 2.57. The first-order chi connectivity index (χ1) is 7.65. The van der Waals surface area contributed by atoms with Crippen LogP contribution in [0.5, 0.6) is 11.5 Å². The second kappa shape index (κ2) is 5.92. The fourth-order valence-electron chi connectivity index (χ4n) is 1.47. The van der Waals surface area contributed by atoms with E-state index in [1.807, 2.05) is 0 Å². The maximum absolute atomic E-state index is 9.91. The smallest absolute Gasteiger partial charge is 0.142 e. The van der Waals surface area contributed by atoms with Gasteiger partial charge in [0.2, 0.25) is 0 Å². The Kier molecular flexibility index (Phi) is 4.83. The Labute approximate surface area is 104 Å². The van der Waals surface area contributed by atoms with Crippen molar-refractivity contribution in [3.8, 4) is 11.5 Å². The van der Waals surface area contributed by atoms with Crippen molar-refractivity contribution in [1.82, 2.24) is 0 Å². The molecule has 4 heteroatoms. The first-order valence-electron chi connectivity index (χ1n) is 4.85. The van der Waals surface area contributed by atoms with E-state index in [1.54, 1.807) is 32.4 Å². The van der Waals surface area contributed by atoms with Gasteiger partial charge in [0.1, 0.15) is 16.0 Å². The molecule has 0 aliphatic rings. The molecule has 1 aromatic carbocycles. The van der Waals surface area contributed by atoms with Gasteiger partial charge < -0.3 is 14.6 Å². The number of halogens is 1. The molecule has 0 bridgehead atoms. The molecule has 0 aromatic heterocycles. The minimum atomic E-state index is -0.616. The van der Waals surface area contributed by atoms with E-state index in [2.05, 4.69) is 22.5 Å². The summed E-state index contributed by atoms with van der Waals surface area (Å²) in [5.41, 5.74) is 0.718. The van der Waals surface area contributed by atoms with Crippen LogP contribution in [-0.4, -0.2) is 19.3 Å². The molecule has 1 atom stereocenters. The molecule has 0 aliphatic heterocycles. The van der Waals surface area contributed by atoms with Crippen molar-refractivity contribution in [2.45, 2.75) is 12.5 Å². The third-order valence-electron chi connectivity index (χ3n) is 2.27. The van der Waals surface area contributed by atoms with Crippen LogP contribution >= 0.6 is 15.9 Å². The molecule has 0 fully saturated rings. The van der Waals surface area contributed by atoms with Gasteiger partial charge >= 0.3 is 0 Å². The minimum Gasteiger partial charge on any atom is -0.495 e. The van der Waals surface area contributed by atoms with Crippen LogP contribution in [0.3, 0.4) is 0 Å². The van der Waals surface area contributed by atoms with Crippen LogP contribution in [0.1, 0.15) is 18.1 Å². The highest BCUT2D eigenvalue weighted by atomic mass is 79.9. The van der Waals surface area contributed by atoms with Gasteiger partial charge in [-0.2, -0.15) is 0 Å². The van der Waals surface area contributed by atoms with Gasteiger partial charge in [-0.05, 0) is 34.5 Å². The fourth-order valence-corrected chi connectivity index (χ4v) is 2.15. The summed E-state index contributed by atoms with van der Waals surface area (Å²) in [5.74, 6) is 1.26. The zero-order valence-corrected chi connectivity index (χ0v) is 11.0. The lowest BCUT2D eigenvalue weighted by molar-refractivity contribution is 0.176. The molecule has 0 aliphatic carbocycles. The Balaban J connectivity index is 3.19. The Morgan fingerprint density at radius 1 is 1.44 bits per heavy atom. The molecule has 3 nitrogen and oxygen atoms in total. The quantitative estimate of drug-likeness (QED) is 0.846. The van der Waals surface area contributed by atoms with E-state index < -0.39 is 6.10 Å². The van der Waals surface area contributed by atoms with Crippen molar-refractivity contribution in [2.75, 3.05) is 14.2 Å². The largest absolute Gasteiger partial charge is 0.495 e. The molecule has 0 radical (unpaired) electrons. The molecule has 0 saturated carbocycles. The first-order valence-corrected chi connectivity index (χ1v) is 5.64. The third-order valence-corrected chi connectivity index (χ3v) is 3.02. The zero-order valence-electron chi connectivity index (χ0n) is 9.37. The molecule has 1 aromatic rings. The van der Waals surface area contributed by atoms with Crippen molar-refractivity contribution >= 4 is 15.9 Å². The second-order valence-electron chi connectivity index (χ2n) is 3.24. The van der Waals surface area contributed by atoms with E-state index >= 15 is 0 Å². The average Bonchev–Trinajstić information content (AvgIpc) is 2.28. The van der Waals surface area contributed by atoms with Crippen molar-refractivity contribution in [3.63, 3.8) is 0 Å². The van der Waals surface area contributed by atoms with E-state index in [1.165, 1.54) is 0 Å². The van der Waals surface area contributed by atoms with Gasteiger partial charge in [0.25, 0.3) is 0 Å². The summed E-state index contributed by atoms with van der Waals surface area (Å²) >= 11 is 3.38. The molecule has 16 heavy (non-hydrogen) atoms. The summed E-state index contributed by atoms with van der Waals surface area (Å²) in [7, 11) is 3.14. The number of hydrogen-bond acceptors (Lipinski definition) is 3. The Morgan fingerprint density at radius 3 is 2.62 bits per heavy atom. The van der Waals surface area contributed by atoms with Gasteiger partial charge in [0.05, 0.1) is 20.3 Å². The highest BCUT2D eigenvalue weighted by Gasteiger charge is 2.17. The fraction of sp³-hybridized carbons (Fsp3) is 0.333. The summed E-state index contributed by atoms with van der Waals surface area (Å²) < 4.78 is 11.1. The number of aliphatic hydroxyl groups excluding tert-OH is 1. The standard InChI is InChI=1S/C12H15BrO3/c1-4-5-9(14)8-6-7-10(15-2)11(13)12(8)16-3/h4,6-7,9,14H,1,5H2,2-3H3. The maximum atomic E-state index is 9.91. The van der Waals surface area contributed by atoms with Crippen molar-refractivity contribution in [3.05, 3.63) is 34.8 Å². The first kappa shape index (κ1) is 13.1. The van der Waals surface area contributed by atoms with E-state index in [0.717, 1.165) is 5.56 Å². The molecule has 1 unspecified atom stereocenters. The summed E-state index contributed by atoms with van der Waals surface area (Å²) in [6.45, 7) is 3.60. The van der Waals surface area contributed by atoms with Gasteiger partial charge in [0.15, 0.2) is 0 Å². The van der Waals surface area contributed by atoms with Crippen molar-refractivity contribution in [1.29, 1.82) is 0 Å². The summed E-state index contributed by atoms with van der Waals surface area (Å²) in [6, 6.07) is 3.57. The van der Waals surface area contributed by atoms with Gasteiger partial charge in [-0.3, -0.25) is 0 Å². The summed E-state index contributed by atoms with van der Waals surface area (Å²) in [6.07, 6.45) is 1.53. The lowest BCUT2D eigenvalue weighted by atomic mass is 10.1. The highest BCUT2D eigenvalue weighted by molar-refractivity contribution is 9.10. The second-order valence-corrected chi connectivity index (χ2v) is 4.04. The minimum absolute atomic E-state index is 0.481. The Morgan fingerprint density at radius 2 is 2.12 bits per heavy atom. The molecule has 88 valence electrons. The number of ether oxygens (including phenoxy) is 2. The van der Waals surface area contributed by atoms with E-state index in [4.69, 9.17) is 9.47 Å². The molecule has 0 saturated heterocycles. The van der Waals surface area contributed by atoms with Gasteiger partial charge in [-0.15, -0.1) is 6.58 Å². The van der Waals surface area contributed by atoms with Gasteiger partial charge in [-0.25, -0.2) is 0 Å². The lowest BCUT2D eigenvalue weighted by Crippen LogP contribution is -2.01. The predicted octanol–water partition coefficient (Wildman–Crippen LogP) is 3.08. The van der Waals surface area contributed by atoms with Crippen LogP contribution in [0, 0.1) is 0 Å². The molecule has 0 amide bonds. The molecule has 1 N–H and O–H groups in total. The highest BCUT2D eigenvalue weighted by Crippen LogP contribution is 2.40. The van der Waals surface area contributed by atoms with Crippen molar-refractivity contribution < 1.29 is 14.6 Å². The van der Waals surface area contributed by atoms with Crippen LogP contribution < -0.4 is 9.47 Å². The number of methoxy groups -OCH3 is 2. The van der Waals surface area contributed by atoms with Crippen LogP contribution in [0.4, 0.5) is 0 Å². The maximum Gasteiger partial charge on any atom is 0.142 e. The van der Waals surface area contributed by atoms with E-state index in [9.17, 15) is 5.11 Å². The van der Waals surface area contributed by atoms with Crippen LogP contribution in [-0.2, 0) is 0 Å². The van der Waals surface area contributed by atoms with Gasteiger partial charge in [0, 0.05) is 5.56 Å². The molecule has 0 heterocycles. The topological polar surface area (TPSA) is 38.7 Å². The molecular formula is C12H15BrO3. The SMILES string of the molecule is C=CCC(O)c1ccc(OC)c(Br)c1OC. The number of benzene rings is 1. The normalized spacial score (nSPS) is 12.0. The Bertz CT molecular complexity index is 377. The zero-order chi connectivity index (χ0) is 12.1. The monoisotopic (exact) mass is 286 g/mol. The summed E-state index contributed by atoms with van der Waals surface area (Å²) in [5, 5.41) is 9.91. The number of hydrogen-bond donors (Lipinski definition) is 1. The predicted molar refractivity (Wildman–Crippen MR) is 67.0 cm³/mol. The Hall–Kier alpha value is -1.00. The molecular weight excluding hydrogens is 272 g/mol. The van der Waals surface area contributed by atoms with Crippen LogP contribution in [0.15, 0.2) is 29.3 Å². The molecule has 1 rings (SSSR count). The van der Waals surface area contributed by atoms with Crippen LogP contribution in [0.2, 0.25) is 0 Å². The van der Waals surface area contributed by atoms with E-state index in [-0.39, 0.29) is 0 Å². The average molecular weight is 287 g/mol. The number of aliphatic hydroxyl groups is 1. The molecule has 0 spiro atoms. The van der Waals surface area contributed by atoms with Crippen molar-refractivity contribution in [2.24, 2.45) is 0 Å². The lowest BCUT2D eigenvalue weighted by Gasteiger charge is -2.16.